The topological polar surface area (TPSA) is 187 Å². The van der Waals surface area contributed by atoms with Crippen molar-refractivity contribution in [3.63, 3.8) is 0 Å². The summed E-state index contributed by atoms with van der Waals surface area (Å²) < 4.78 is 15.9. The zero-order chi connectivity index (χ0) is 22.2. The fourth-order valence-electron chi connectivity index (χ4n) is 3.36. The maximum absolute atomic E-state index is 12.0. The van der Waals surface area contributed by atoms with Crippen LogP contribution in [0.3, 0.4) is 0 Å². The molecule has 0 aliphatic carbocycles. The first kappa shape index (κ1) is 25.7. The Bertz CT molecular complexity index is 992. The van der Waals surface area contributed by atoms with Crippen LogP contribution in [0.25, 0.3) is 11.0 Å². The van der Waals surface area contributed by atoms with Crippen molar-refractivity contribution in [1.29, 1.82) is 0 Å². The number of benzene rings is 1. The van der Waals surface area contributed by atoms with Gasteiger partial charge in [-0.3, -0.25) is 0 Å². The fraction of sp³-hybridized carbons (Fsp3) is 0.474. The van der Waals surface area contributed by atoms with Gasteiger partial charge in [0.15, 0.2) is 0 Å². The van der Waals surface area contributed by atoms with Gasteiger partial charge in [-0.2, -0.15) is 0 Å². The molecule has 6 N–H and O–H groups in total. The first-order valence-electron chi connectivity index (χ1n) is 9.06. The number of carboxylic acids is 1. The number of fused-ring (bicyclic) bond motifs is 1. The average Bonchev–Trinajstić information content (AvgIpc) is 2.68. The second-order valence-electron chi connectivity index (χ2n) is 7.15. The molecular weight excluding hydrogens is 427 g/mol. The van der Waals surface area contributed by atoms with Crippen LogP contribution in [0.15, 0.2) is 33.5 Å². The molecule has 31 heavy (non-hydrogen) atoms. The second-order valence-corrected chi connectivity index (χ2v) is 7.15. The van der Waals surface area contributed by atoms with Gasteiger partial charge in [0, 0.05) is 47.1 Å². The molecule has 6 atom stereocenters. The molecule has 0 saturated carbocycles. The first-order valence-corrected chi connectivity index (χ1v) is 9.06. The molecule has 1 fully saturated rings. The van der Waals surface area contributed by atoms with Crippen molar-refractivity contribution in [2.24, 2.45) is 0 Å². The van der Waals surface area contributed by atoms with Crippen molar-refractivity contribution in [1.82, 2.24) is 0 Å². The summed E-state index contributed by atoms with van der Waals surface area (Å²) in [6.07, 6.45) is -9.63. The monoisotopic (exact) mass is 449 g/mol. The van der Waals surface area contributed by atoms with Gasteiger partial charge in [-0.1, -0.05) is 0 Å². The number of aliphatic hydroxyl groups excluding tert-OH is 5. The van der Waals surface area contributed by atoms with E-state index in [-0.39, 0.29) is 40.9 Å². The molecule has 11 nitrogen and oxygen atoms in total. The molecule has 2 heterocycles. The third kappa shape index (κ3) is 5.11. The van der Waals surface area contributed by atoms with E-state index in [1.54, 1.807) is 6.92 Å². The van der Waals surface area contributed by atoms with Gasteiger partial charge in [0.25, 0.3) is 0 Å². The molecule has 0 amide bonds. The number of hydrogen-bond acceptors (Lipinski definition) is 10. The number of ether oxygens (including phenoxy) is 2. The SMILES string of the molecule is Cc1cc(=O)oc2cc(O[C@]3(C(=O)O)C[C@H](O)[C@@H](O)[C@H]([C@H](O)[C@H](O)CO)O3)ccc12.[Na]. The Morgan fingerprint density at radius 1 is 1.29 bits per heavy atom. The molecule has 1 aliphatic rings. The standard InChI is InChI=1S/C19H22O11.Na/c1-8-4-14(23)28-13-5-9(2-3-10(8)13)29-19(18(26)27)6-11(21)15(24)17(30-19)16(25)12(22)7-20;/h2-5,11-12,15-17,20-22,24-25H,6-7H2,1H3,(H,26,27);/t11-,12+,15+,16+,17+,19+;/m0./s1. The van der Waals surface area contributed by atoms with Crippen molar-refractivity contribution < 1.29 is 49.3 Å². The summed E-state index contributed by atoms with van der Waals surface area (Å²) in [7, 11) is 0. The van der Waals surface area contributed by atoms with Crippen LogP contribution in [0.5, 0.6) is 5.75 Å². The van der Waals surface area contributed by atoms with E-state index in [0.29, 0.717) is 10.9 Å². The second kappa shape index (κ2) is 9.94. The van der Waals surface area contributed by atoms with E-state index in [0.717, 1.165) is 0 Å². The van der Waals surface area contributed by atoms with Crippen molar-refractivity contribution >= 4 is 46.5 Å². The molecule has 1 saturated heterocycles. The number of rotatable bonds is 6. The van der Waals surface area contributed by atoms with E-state index in [1.165, 1.54) is 24.3 Å². The van der Waals surface area contributed by atoms with Crippen LogP contribution in [0.4, 0.5) is 0 Å². The van der Waals surface area contributed by atoms with Crippen molar-refractivity contribution in [3.05, 3.63) is 40.2 Å². The molecule has 3 rings (SSSR count). The molecule has 0 spiro atoms. The van der Waals surface area contributed by atoms with Gasteiger partial charge in [-0.25, -0.2) is 9.59 Å². The molecule has 1 aromatic heterocycles. The van der Waals surface area contributed by atoms with E-state index in [9.17, 15) is 35.1 Å². The first-order chi connectivity index (χ1) is 14.1. The Morgan fingerprint density at radius 2 is 1.97 bits per heavy atom. The molecule has 0 unspecified atom stereocenters. The molecule has 1 aliphatic heterocycles. The Kier molecular flexibility index (Phi) is 8.25. The number of carboxylic acid groups (broad SMARTS) is 1. The summed E-state index contributed by atoms with van der Waals surface area (Å²) in [5.41, 5.74) is 0.148. The summed E-state index contributed by atoms with van der Waals surface area (Å²) in [6.45, 7) is 0.798. The summed E-state index contributed by atoms with van der Waals surface area (Å²) in [5, 5.41) is 59.4. The van der Waals surface area contributed by atoms with Crippen LogP contribution in [0, 0.1) is 6.92 Å². The van der Waals surface area contributed by atoms with Gasteiger partial charge in [-0.15, -0.1) is 0 Å². The van der Waals surface area contributed by atoms with E-state index in [1.807, 2.05) is 0 Å². The molecule has 1 radical (unpaired) electrons. The van der Waals surface area contributed by atoms with Gasteiger partial charge < -0.3 is 44.5 Å². The van der Waals surface area contributed by atoms with Crippen LogP contribution in [-0.2, 0) is 9.53 Å². The molecule has 2 aromatic rings. The molecule has 12 heteroatoms. The number of carbonyl (C=O) groups is 1. The van der Waals surface area contributed by atoms with Crippen LogP contribution in [0.1, 0.15) is 12.0 Å². The van der Waals surface area contributed by atoms with Gasteiger partial charge in [0.1, 0.15) is 35.7 Å². The maximum atomic E-state index is 12.0. The quantitative estimate of drug-likeness (QED) is 0.214. The Labute approximate surface area is 197 Å². The van der Waals surface area contributed by atoms with Gasteiger partial charge >= 0.3 is 17.4 Å². The predicted molar refractivity (Wildman–Crippen MR) is 105 cm³/mol. The minimum absolute atomic E-state index is 0. The van der Waals surface area contributed by atoms with E-state index >= 15 is 0 Å². The fourth-order valence-corrected chi connectivity index (χ4v) is 3.36. The van der Waals surface area contributed by atoms with Crippen LogP contribution in [-0.4, -0.2) is 109 Å². The number of aliphatic hydroxyl groups is 5. The molecular formula is C19H22NaO11. The molecule has 0 bridgehead atoms. The minimum atomic E-state index is -2.54. The Balaban J connectivity index is 0.00000341. The van der Waals surface area contributed by atoms with E-state index < -0.39 is 60.9 Å². The minimum Gasteiger partial charge on any atom is -0.476 e. The van der Waals surface area contributed by atoms with Crippen molar-refractivity contribution in [2.75, 3.05) is 6.61 Å². The number of hydrogen-bond donors (Lipinski definition) is 6. The number of aliphatic carboxylic acids is 1. The molecule has 1 aromatic carbocycles. The van der Waals surface area contributed by atoms with Crippen LogP contribution < -0.4 is 10.4 Å². The van der Waals surface area contributed by atoms with E-state index in [2.05, 4.69) is 0 Å². The summed E-state index contributed by atoms with van der Waals surface area (Å²) in [4.78, 5) is 23.6. The van der Waals surface area contributed by atoms with Crippen molar-refractivity contribution in [2.45, 2.75) is 49.7 Å². The van der Waals surface area contributed by atoms with Crippen LogP contribution in [0.2, 0.25) is 0 Å². The van der Waals surface area contributed by atoms with Crippen molar-refractivity contribution in [3.8, 4) is 5.75 Å². The largest absolute Gasteiger partial charge is 0.476 e. The third-order valence-electron chi connectivity index (χ3n) is 4.98. The predicted octanol–water partition coefficient (Wildman–Crippen LogP) is -1.89. The Hall–Kier alpha value is -1.54. The van der Waals surface area contributed by atoms with E-state index in [4.69, 9.17) is 19.0 Å². The maximum Gasteiger partial charge on any atom is 0.377 e. The number of aryl methyl sites for hydroxylation is 1. The smallest absolute Gasteiger partial charge is 0.377 e. The zero-order valence-corrected chi connectivity index (χ0v) is 18.8. The normalized spacial score (nSPS) is 27.9. The summed E-state index contributed by atoms with van der Waals surface area (Å²) in [6, 6.07) is 5.49. The Morgan fingerprint density at radius 3 is 2.58 bits per heavy atom. The third-order valence-corrected chi connectivity index (χ3v) is 4.98. The van der Waals surface area contributed by atoms with Gasteiger partial charge in [-0.05, 0) is 24.6 Å². The summed E-state index contributed by atoms with van der Waals surface area (Å²) >= 11 is 0. The summed E-state index contributed by atoms with van der Waals surface area (Å²) in [5.74, 6) is -4.30. The zero-order valence-electron chi connectivity index (χ0n) is 16.8. The molecule has 165 valence electrons. The van der Waals surface area contributed by atoms with Crippen LogP contribution >= 0.6 is 0 Å². The van der Waals surface area contributed by atoms with Gasteiger partial charge in [0.05, 0.1) is 19.1 Å². The van der Waals surface area contributed by atoms with Gasteiger partial charge in [0.2, 0.25) is 0 Å². The average molecular weight is 449 g/mol.